The van der Waals surface area contributed by atoms with Crippen molar-refractivity contribution in [1.29, 1.82) is 0 Å². The van der Waals surface area contributed by atoms with Crippen LogP contribution < -0.4 is 9.80 Å². The second kappa shape index (κ2) is 8.67. The standard InChI is InChI=1S/C20H22ClF2N3O/c1-24(13-15-16(21)5-4-7-17(15)22)14-20(27)26-11-9-25(10-12-26)19-8-3-2-6-18(19)23/h2-8H,9-14H2,1H3/p+1. The number of hydrogen-bond donors (Lipinski definition) is 1. The van der Waals surface area contributed by atoms with E-state index in [0.717, 1.165) is 4.90 Å². The van der Waals surface area contributed by atoms with E-state index in [1.54, 1.807) is 29.2 Å². The fraction of sp³-hybridized carbons (Fsp3) is 0.350. The maximum atomic E-state index is 13.9. The molecule has 1 heterocycles. The van der Waals surface area contributed by atoms with Crippen LogP contribution in [-0.4, -0.2) is 50.6 Å². The van der Waals surface area contributed by atoms with Crippen molar-refractivity contribution in [2.45, 2.75) is 6.54 Å². The summed E-state index contributed by atoms with van der Waals surface area (Å²) < 4.78 is 27.8. The lowest BCUT2D eigenvalue weighted by Crippen LogP contribution is -3.09. The van der Waals surface area contributed by atoms with Gasteiger partial charge in [-0.25, -0.2) is 8.78 Å². The number of quaternary nitrogens is 1. The average molecular weight is 395 g/mol. The topological polar surface area (TPSA) is 28.0 Å². The van der Waals surface area contributed by atoms with Crippen LogP contribution in [0.25, 0.3) is 0 Å². The molecule has 1 aliphatic rings. The Morgan fingerprint density at radius 3 is 2.37 bits per heavy atom. The van der Waals surface area contributed by atoms with Crippen molar-refractivity contribution >= 4 is 23.2 Å². The highest BCUT2D eigenvalue weighted by atomic mass is 35.5. The number of nitrogens with one attached hydrogen (secondary N) is 1. The lowest BCUT2D eigenvalue weighted by molar-refractivity contribution is -0.885. The Kier molecular flexibility index (Phi) is 6.29. The van der Waals surface area contributed by atoms with E-state index in [1.165, 1.54) is 12.1 Å². The van der Waals surface area contributed by atoms with Gasteiger partial charge in [0.15, 0.2) is 6.54 Å². The van der Waals surface area contributed by atoms with Crippen molar-refractivity contribution in [3.63, 3.8) is 0 Å². The highest BCUT2D eigenvalue weighted by molar-refractivity contribution is 6.31. The molecule has 0 radical (unpaired) electrons. The zero-order chi connectivity index (χ0) is 19.4. The first kappa shape index (κ1) is 19.6. The summed E-state index contributed by atoms with van der Waals surface area (Å²) in [4.78, 5) is 17.2. The van der Waals surface area contributed by atoms with Crippen molar-refractivity contribution in [3.05, 3.63) is 64.7 Å². The van der Waals surface area contributed by atoms with Crippen LogP contribution in [0.1, 0.15) is 5.56 Å². The van der Waals surface area contributed by atoms with Gasteiger partial charge in [0.05, 0.1) is 23.3 Å². The first-order chi connectivity index (χ1) is 13.0. The summed E-state index contributed by atoms with van der Waals surface area (Å²) in [5.74, 6) is -0.593. The van der Waals surface area contributed by atoms with Gasteiger partial charge >= 0.3 is 0 Å². The quantitative estimate of drug-likeness (QED) is 0.840. The monoisotopic (exact) mass is 394 g/mol. The molecule has 1 aliphatic heterocycles. The summed E-state index contributed by atoms with van der Waals surface area (Å²) in [6.45, 7) is 2.86. The Balaban J connectivity index is 1.53. The lowest BCUT2D eigenvalue weighted by Gasteiger charge is -2.36. The smallest absolute Gasteiger partial charge is 0.277 e. The summed E-state index contributed by atoms with van der Waals surface area (Å²) in [5, 5.41) is 0.375. The minimum atomic E-state index is -0.354. The molecule has 144 valence electrons. The second-order valence-electron chi connectivity index (χ2n) is 6.83. The van der Waals surface area contributed by atoms with E-state index < -0.39 is 0 Å². The molecule has 0 aliphatic carbocycles. The molecule has 1 saturated heterocycles. The molecule has 3 rings (SSSR count). The number of anilines is 1. The number of para-hydroxylation sites is 1. The Labute approximate surface area is 162 Å². The Bertz CT molecular complexity index is 789. The number of amides is 1. The summed E-state index contributed by atoms with van der Waals surface area (Å²) in [7, 11) is 1.84. The molecule has 0 bridgehead atoms. The number of nitrogens with zero attached hydrogens (tertiary/aromatic N) is 2. The van der Waals surface area contributed by atoms with Crippen LogP contribution in [0.3, 0.4) is 0 Å². The van der Waals surface area contributed by atoms with E-state index in [0.29, 0.717) is 49.0 Å². The third-order valence-corrected chi connectivity index (χ3v) is 5.17. The number of likely N-dealkylation sites (N-methyl/N-ethyl adjacent to an activating group) is 1. The van der Waals surface area contributed by atoms with Gasteiger partial charge in [-0.3, -0.25) is 4.79 Å². The van der Waals surface area contributed by atoms with Crippen molar-refractivity contribution in [1.82, 2.24) is 4.90 Å². The van der Waals surface area contributed by atoms with Crippen LogP contribution in [0.4, 0.5) is 14.5 Å². The van der Waals surface area contributed by atoms with E-state index in [2.05, 4.69) is 0 Å². The van der Waals surface area contributed by atoms with E-state index in [-0.39, 0.29) is 24.1 Å². The van der Waals surface area contributed by atoms with Crippen molar-refractivity contribution in [2.24, 2.45) is 0 Å². The molecule has 0 spiro atoms. The maximum Gasteiger partial charge on any atom is 0.277 e. The summed E-state index contributed by atoms with van der Waals surface area (Å²) in [6, 6.07) is 11.3. The fourth-order valence-corrected chi connectivity index (χ4v) is 3.57. The van der Waals surface area contributed by atoms with Crippen LogP contribution in [-0.2, 0) is 11.3 Å². The van der Waals surface area contributed by atoms with Crippen LogP contribution in [0.5, 0.6) is 0 Å². The summed E-state index contributed by atoms with van der Waals surface area (Å²) >= 11 is 6.06. The van der Waals surface area contributed by atoms with Gasteiger partial charge in [-0.1, -0.05) is 29.8 Å². The molecule has 1 amide bonds. The zero-order valence-corrected chi connectivity index (χ0v) is 16.0. The van der Waals surface area contributed by atoms with Crippen molar-refractivity contribution in [3.8, 4) is 0 Å². The van der Waals surface area contributed by atoms with Crippen LogP contribution in [0.2, 0.25) is 5.02 Å². The minimum Gasteiger partial charge on any atom is -0.366 e. The number of rotatable bonds is 5. The van der Waals surface area contributed by atoms with Gasteiger partial charge in [-0.2, -0.15) is 0 Å². The number of carbonyl (C=O) groups excluding carboxylic acids is 1. The first-order valence-corrected chi connectivity index (χ1v) is 9.35. The highest BCUT2D eigenvalue weighted by Crippen LogP contribution is 2.20. The lowest BCUT2D eigenvalue weighted by atomic mass is 10.2. The molecule has 1 fully saturated rings. The van der Waals surface area contributed by atoms with Crippen molar-refractivity contribution < 1.29 is 18.5 Å². The molecule has 4 nitrogen and oxygen atoms in total. The number of benzene rings is 2. The highest BCUT2D eigenvalue weighted by Gasteiger charge is 2.25. The predicted molar refractivity (Wildman–Crippen MR) is 102 cm³/mol. The maximum absolute atomic E-state index is 13.9. The van der Waals surface area contributed by atoms with E-state index in [9.17, 15) is 13.6 Å². The Hall–Kier alpha value is -2.18. The first-order valence-electron chi connectivity index (χ1n) is 8.97. The largest absolute Gasteiger partial charge is 0.366 e. The van der Waals surface area contributed by atoms with E-state index in [4.69, 9.17) is 11.6 Å². The van der Waals surface area contributed by atoms with Gasteiger partial charge in [-0.05, 0) is 24.3 Å². The molecule has 2 aromatic carbocycles. The second-order valence-corrected chi connectivity index (χ2v) is 7.24. The molecule has 0 saturated carbocycles. The van der Waals surface area contributed by atoms with Crippen LogP contribution in [0, 0.1) is 11.6 Å². The predicted octanol–water partition coefficient (Wildman–Crippen LogP) is 1.98. The van der Waals surface area contributed by atoms with Gasteiger partial charge < -0.3 is 14.7 Å². The third-order valence-electron chi connectivity index (χ3n) is 4.82. The summed E-state index contributed by atoms with van der Waals surface area (Å²) in [6.07, 6.45) is 0. The van der Waals surface area contributed by atoms with Crippen molar-refractivity contribution in [2.75, 3.05) is 44.7 Å². The normalized spacial score (nSPS) is 15.7. The zero-order valence-electron chi connectivity index (χ0n) is 15.2. The molecule has 7 heteroatoms. The van der Waals surface area contributed by atoms with Crippen LogP contribution in [0.15, 0.2) is 42.5 Å². The molecule has 1 N–H and O–H groups in total. The molecule has 27 heavy (non-hydrogen) atoms. The number of piperazine rings is 1. The molecule has 1 atom stereocenters. The van der Waals surface area contributed by atoms with E-state index >= 15 is 0 Å². The van der Waals surface area contributed by atoms with Gasteiger partial charge in [0.25, 0.3) is 5.91 Å². The number of carbonyl (C=O) groups is 1. The number of halogens is 3. The molecule has 2 aromatic rings. The van der Waals surface area contributed by atoms with E-state index in [1.807, 2.05) is 18.0 Å². The molecular formula is C20H23ClF2N3O+. The van der Waals surface area contributed by atoms with Crippen LogP contribution >= 0.6 is 11.6 Å². The Morgan fingerprint density at radius 2 is 1.70 bits per heavy atom. The van der Waals surface area contributed by atoms with Gasteiger partial charge in [0.1, 0.15) is 18.2 Å². The Morgan fingerprint density at radius 1 is 1.04 bits per heavy atom. The summed E-state index contributed by atoms with van der Waals surface area (Å²) in [5.41, 5.74) is 0.996. The van der Waals surface area contributed by atoms with Gasteiger partial charge in [-0.15, -0.1) is 0 Å². The molecule has 1 unspecified atom stereocenters. The SMILES string of the molecule is C[NH+](CC(=O)N1CCN(c2ccccc2F)CC1)Cc1c(F)cccc1Cl. The van der Waals surface area contributed by atoms with Gasteiger partial charge in [0, 0.05) is 26.2 Å². The average Bonchev–Trinajstić information content (AvgIpc) is 2.65. The van der Waals surface area contributed by atoms with Gasteiger partial charge in [0.2, 0.25) is 0 Å². The molecular weight excluding hydrogens is 372 g/mol. The molecule has 0 aromatic heterocycles. The third kappa shape index (κ3) is 4.76. The minimum absolute atomic E-state index is 0.00754. The fourth-order valence-electron chi connectivity index (χ4n) is 3.34. The number of hydrogen-bond acceptors (Lipinski definition) is 2.